The summed E-state index contributed by atoms with van der Waals surface area (Å²) in [6.45, 7) is 22.7. The molecule has 0 nitrogen and oxygen atoms in total. The van der Waals surface area contributed by atoms with Gasteiger partial charge in [-0.15, -0.1) is 53.6 Å². The van der Waals surface area contributed by atoms with Gasteiger partial charge in [-0.3, -0.25) is 6.08 Å². The largest absolute Gasteiger partial charge is 0.150 e. The summed E-state index contributed by atoms with van der Waals surface area (Å²) in [4.78, 5) is 0. The molecule has 0 fully saturated rings. The van der Waals surface area contributed by atoms with Crippen LogP contribution in [0.1, 0.15) is 54.4 Å². The molecule has 0 heterocycles. The van der Waals surface area contributed by atoms with E-state index >= 15 is 0 Å². The van der Waals surface area contributed by atoms with Gasteiger partial charge in [0.1, 0.15) is 0 Å². The van der Waals surface area contributed by atoms with Crippen molar-refractivity contribution in [2.24, 2.45) is 5.92 Å². The van der Waals surface area contributed by atoms with Crippen molar-refractivity contribution >= 4 is 17.7 Å². The van der Waals surface area contributed by atoms with Crippen molar-refractivity contribution < 1.29 is 23.3 Å². The number of rotatable bonds is 1. The van der Waals surface area contributed by atoms with Gasteiger partial charge in [0.15, 0.2) is 0 Å². The Balaban J connectivity index is 0.000000484. The van der Waals surface area contributed by atoms with Crippen LogP contribution in [-0.4, -0.2) is 6.88 Å². The fourth-order valence-electron chi connectivity index (χ4n) is 3.18. The summed E-state index contributed by atoms with van der Waals surface area (Å²) in [7, 11) is 0. The first kappa shape index (κ1) is 30.6. The van der Waals surface area contributed by atoms with Gasteiger partial charge in [0, 0.05) is 0 Å². The van der Waals surface area contributed by atoms with Crippen molar-refractivity contribution in [2.45, 2.75) is 54.4 Å². The van der Waals surface area contributed by atoms with E-state index in [1.54, 1.807) is 0 Å². The maximum Gasteiger partial charge on any atom is -0.0623 e. The van der Waals surface area contributed by atoms with Gasteiger partial charge in [-0.25, -0.2) is 5.57 Å². The number of benzene rings is 2. The van der Waals surface area contributed by atoms with Crippen molar-refractivity contribution in [3.8, 4) is 11.1 Å². The number of hydrogen-bond acceptors (Lipinski definition) is 0. The third kappa shape index (κ3) is 10.1. The number of hydrogen-bond donors (Lipinski definition) is 0. The minimum absolute atomic E-state index is 0.560. The van der Waals surface area contributed by atoms with Crippen molar-refractivity contribution in [2.75, 3.05) is 0 Å². The first-order valence-corrected chi connectivity index (χ1v) is 15.4. The normalized spacial score (nSPS) is 13.8. The number of fused-ring (bicyclic) bond motifs is 1. The molecule has 2 radical (unpaired) electrons. The molecule has 0 aliphatic heterocycles. The fraction of sp³-hybridized carbons (Fsp3) is 0.300. The van der Waals surface area contributed by atoms with E-state index in [1.807, 2.05) is 13.8 Å². The summed E-state index contributed by atoms with van der Waals surface area (Å²) in [6.07, 6.45) is 5.36. The SMILES string of the molecule is CC1=[C-]C(C)C(C)=C1C.[CH2-]CC.[CH2-]CC.[Si]=[Zr].c1ccc(-c2c[cH-]c3ccccc23)cc1. The minimum atomic E-state index is 0.560. The third-order valence-electron chi connectivity index (χ3n) is 5.00. The molecule has 0 spiro atoms. The fourth-order valence-corrected chi connectivity index (χ4v) is 3.18. The maximum absolute atomic E-state index is 3.49. The topological polar surface area (TPSA) is 0 Å². The zero-order valence-electron chi connectivity index (χ0n) is 20.8. The van der Waals surface area contributed by atoms with Gasteiger partial charge in [0.05, 0.1) is 0 Å². The Morgan fingerprint density at radius 2 is 1.41 bits per heavy atom. The molecular formula is C30H38SiZr-4. The predicted octanol–water partition coefficient (Wildman–Crippen LogP) is 9.03. The van der Waals surface area contributed by atoms with Crippen LogP contribution in [0.4, 0.5) is 0 Å². The van der Waals surface area contributed by atoms with Crippen LogP contribution in [0.3, 0.4) is 0 Å². The minimum Gasteiger partial charge on any atom is -0.150 e. The smallest absolute Gasteiger partial charge is 0.0623 e. The zero-order chi connectivity index (χ0) is 24.5. The van der Waals surface area contributed by atoms with E-state index in [0.717, 1.165) is 12.8 Å². The van der Waals surface area contributed by atoms with E-state index in [0.29, 0.717) is 5.92 Å². The van der Waals surface area contributed by atoms with E-state index in [9.17, 15) is 0 Å². The molecule has 1 unspecified atom stereocenters. The second kappa shape index (κ2) is 18.1. The molecule has 0 saturated heterocycles. The summed E-state index contributed by atoms with van der Waals surface area (Å²) in [5, 5.41) is 2.65. The molecule has 1 atom stereocenters. The number of allylic oxidation sites excluding steroid dienone is 4. The van der Waals surface area contributed by atoms with Crippen molar-refractivity contribution in [3.05, 3.63) is 103 Å². The maximum atomic E-state index is 3.49. The standard InChI is InChI=1S/C15H11.C9H13.2C3H7.Si.Zr/c1-2-6-12(7-3-1)15-11-10-13-8-4-5-9-14(13)15;1-6-5-7(2)9(4)8(6)3;2*1-3-2;;/h1-11H;6H,1-4H3;2*1,3H2,2H3;;/q4*-1;;. The Labute approximate surface area is 214 Å². The third-order valence-corrected chi connectivity index (χ3v) is 5.00. The molecule has 0 aromatic heterocycles. The molecule has 0 bridgehead atoms. The Morgan fingerprint density at radius 3 is 1.84 bits per heavy atom. The average molecular weight is 518 g/mol. The molecule has 0 N–H and O–H groups in total. The van der Waals surface area contributed by atoms with E-state index in [4.69, 9.17) is 0 Å². The van der Waals surface area contributed by atoms with Gasteiger partial charge in [-0.2, -0.15) is 24.0 Å². The van der Waals surface area contributed by atoms with Gasteiger partial charge in [0.2, 0.25) is 0 Å². The predicted molar refractivity (Wildman–Crippen MR) is 142 cm³/mol. The average Bonchev–Trinajstić information content (AvgIpc) is 3.34. The van der Waals surface area contributed by atoms with Crippen LogP contribution in [-0.2, 0) is 23.3 Å². The van der Waals surface area contributed by atoms with Crippen LogP contribution in [0.2, 0.25) is 0 Å². The van der Waals surface area contributed by atoms with Crippen LogP contribution in [0, 0.1) is 25.8 Å². The first-order valence-electron chi connectivity index (χ1n) is 11.2. The van der Waals surface area contributed by atoms with E-state index in [-0.39, 0.29) is 0 Å². The molecule has 0 saturated carbocycles. The zero-order valence-corrected chi connectivity index (χ0v) is 24.2. The monoisotopic (exact) mass is 516 g/mol. The van der Waals surface area contributed by atoms with Crippen LogP contribution >= 0.6 is 0 Å². The molecule has 3 aromatic rings. The molecule has 2 heteroatoms. The summed E-state index contributed by atoms with van der Waals surface area (Å²) < 4.78 is 0. The summed E-state index contributed by atoms with van der Waals surface area (Å²) in [6, 6.07) is 23.4. The first-order chi connectivity index (χ1) is 15.4. The molecule has 1 aliphatic carbocycles. The van der Waals surface area contributed by atoms with Gasteiger partial charge in [0.25, 0.3) is 0 Å². The molecule has 3 aromatic carbocycles. The van der Waals surface area contributed by atoms with Crippen LogP contribution in [0.15, 0.2) is 83.4 Å². The quantitative estimate of drug-likeness (QED) is 0.223. The molecular weight excluding hydrogens is 480 g/mol. The van der Waals surface area contributed by atoms with Crippen molar-refractivity contribution in [1.29, 1.82) is 0 Å². The Morgan fingerprint density at radius 1 is 0.906 bits per heavy atom. The van der Waals surface area contributed by atoms with Gasteiger partial charge in [-0.05, 0) is 0 Å². The Bertz CT molecular complexity index is 945. The molecule has 170 valence electrons. The molecule has 32 heavy (non-hydrogen) atoms. The second-order valence-electron chi connectivity index (χ2n) is 7.50. The Kier molecular flexibility index (Phi) is 17.3. The van der Waals surface area contributed by atoms with Crippen LogP contribution in [0.25, 0.3) is 21.9 Å². The summed E-state index contributed by atoms with van der Waals surface area (Å²) >= 11 is 1.36. The van der Waals surface area contributed by atoms with Gasteiger partial charge in [-0.1, -0.05) is 82.5 Å². The van der Waals surface area contributed by atoms with Crippen LogP contribution in [0.5, 0.6) is 0 Å². The van der Waals surface area contributed by atoms with E-state index in [1.165, 1.54) is 62.0 Å². The van der Waals surface area contributed by atoms with Crippen molar-refractivity contribution in [3.63, 3.8) is 0 Å². The van der Waals surface area contributed by atoms with Gasteiger partial charge >= 0.3 is 30.2 Å². The van der Waals surface area contributed by atoms with E-state index in [2.05, 4.69) is 121 Å². The van der Waals surface area contributed by atoms with Crippen LogP contribution < -0.4 is 0 Å². The molecule has 4 rings (SSSR count). The second-order valence-corrected chi connectivity index (χ2v) is 7.50. The van der Waals surface area contributed by atoms with E-state index < -0.39 is 0 Å². The molecule has 0 amide bonds. The summed E-state index contributed by atoms with van der Waals surface area (Å²) in [5.41, 5.74) is 6.86. The van der Waals surface area contributed by atoms with Crippen molar-refractivity contribution in [1.82, 2.24) is 0 Å². The Hall–Kier alpha value is -1.37. The van der Waals surface area contributed by atoms with Gasteiger partial charge < -0.3 is 13.8 Å². The molecule has 1 aliphatic rings. The summed E-state index contributed by atoms with van der Waals surface area (Å²) in [5.74, 6) is 0.560.